The maximum Gasteiger partial charge on any atom is 0.402 e. The van der Waals surface area contributed by atoms with E-state index in [4.69, 9.17) is 0 Å². The molecule has 1 aliphatic rings. The number of halogens is 3. The number of Topliss-reactive ketones (excluding diaryl/α,β-unsaturated/α-hetero) is 1. The van der Waals surface area contributed by atoms with Crippen LogP contribution in [0.15, 0.2) is 29.2 Å². The summed E-state index contributed by atoms with van der Waals surface area (Å²) < 4.78 is 62.8. The smallest absolute Gasteiger partial charge is 0.295 e. The van der Waals surface area contributed by atoms with Crippen LogP contribution in [0.5, 0.6) is 0 Å². The fourth-order valence-corrected chi connectivity index (χ4v) is 3.62. The number of rotatable bonds is 5. The highest BCUT2D eigenvalue weighted by molar-refractivity contribution is 7.89. The van der Waals surface area contributed by atoms with Gasteiger partial charge in [-0.15, -0.1) is 0 Å². The molecule has 0 aliphatic heterocycles. The van der Waals surface area contributed by atoms with Crippen molar-refractivity contribution in [3.63, 3.8) is 0 Å². The second kappa shape index (κ2) is 5.42. The van der Waals surface area contributed by atoms with E-state index in [0.29, 0.717) is 22.7 Å². The lowest BCUT2D eigenvalue weighted by molar-refractivity contribution is -0.137. The van der Waals surface area contributed by atoms with Gasteiger partial charge in [0.25, 0.3) is 0 Å². The standard InChI is InChI=1S/C13H14F3NO3S/c1-9(18)10-2-6-12(7-3-10)21(19,20)17(11-4-5-11)8-13(14,15)16/h2-3,6-7,11H,4-5,8H2,1H3. The van der Waals surface area contributed by atoms with Crippen molar-refractivity contribution < 1.29 is 26.4 Å². The summed E-state index contributed by atoms with van der Waals surface area (Å²) in [5, 5.41) is 0. The number of carbonyl (C=O) groups excluding carboxylic acids is 1. The zero-order chi connectivity index (χ0) is 15.8. The van der Waals surface area contributed by atoms with Crippen LogP contribution in [-0.2, 0) is 10.0 Å². The van der Waals surface area contributed by atoms with Gasteiger partial charge in [-0.05, 0) is 31.9 Å². The van der Waals surface area contributed by atoms with E-state index in [2.05, 4.69) is 0 Å². The van der Waals surface area contributed by atoms with Gasteiger partial charge < -0.3 is 0 Å². The molecule has 0 unspecified atom stereocenters. The number of carbonyl (C=O) groups is 1. The molecule has 0 atom stereocenters. The first-order valence-corrected chi connectivity index (χ1v) is 7.75. The van der Waals surface area contributed by atoms with Crippen LogP contribution >= 0.6 is 0 Å². The van der Waals surface area contributed by atoms with E-state index in [9.17, 15) is 26.4 Å². The molecule has 1 fully saturated rings. The lowest BCUT2D eigenvalue weighted by Crippen LogP contribution is -2.40. The number of hydrogen-bond acceptors (Lipinski definition) is 3. The summed E-state index contributed by atoms with van der Waals surface area (Å²) in [6, 6.07) is 4.33. The molecule has 1 aliphatic carbocycles. The quantitative estimate of drug-likeness (QED) is 0.783. The second-order valence-electron chi connectivity index (χ2n) is 4.98. The molecule has 0 spiro atoms. The maximum absolute atomic E-state index is 12.6. The van der Waals surface area contributed by atoms with Crippen LogP contribution in [0, 0.1) is 0 Å². The van der Waals surface area contributed by atoms with Crippen LogP contribution < -0.4 is 0 Å². The van der Waals surface area contributed by atoms with E-state index in [1.807, 2.05) is 0 Å². The molecule has 1 aromatic rings. The summed E-state index contributed by atoms with van der Waals surface area (Å²) in [6.45, 7) is -0.169. The molecule has 4 nitrogen and oxygen atoms in total. The predicted octanol–water partition coefficient (Wildman–Crippen LogP) is 2.60. The number of hydrogen-bond donors (Lipinski definition) is 0. The first-order chi connectivity index (χ1) is 9.61. The Labute approximate surface area is 120 Å². The van der Waals surface area contributed by atoms with Gasteiger partial charge in [-0.3, -0.25) is 4.79 Å². The van der Waals surface area contributed by atoms with Gasteiger partial charge in [-0.2, -0.15) is 17.5 Å². The summed E-state index contributed by atoms with van der Waals surface area (Å²) in [4.78, 5) is 10.9. The summed E-state index contributed by atoms with van der Waals surface area (Å²) in [7, 11) is -4.21. The van der Waals surface area contributed by atoms with Crippen molar-refractivity contribution in [1.82, 2.24) is 4.31 Å². The monoisotopic (exact) mass is 321 g/mol. The van der Waals surface area contributed by atoms with E-state index in [-0.39, 0.29) is 10.7 Å². The summed E-state index contributed by atoms with van der Waals surface area (Å²) in [5.41, 5.74) is 0.308. The minimum atomic E-state index is -4.59. The van der Waals surface area contributed by atoms with E-state index in [0.717, 1.165) is 12.1 Å². The van der Waals surface area contributed by atoms with Crippen molar-refractivity contribution >= 4 is 15.8 Å². The van der Waals surface area contributed by atoms with Crippen LogP contribution in [0.3, 0.4) is 0 Å². The highest BCUT2D eigenvalue weighted by atomic mass is 32.2. The van der Waals surface area contributed by atoms with Gasteiger partial charge in [0.1, 0.15) is 6.54 Å². The average Bonchev–Trinajstić information content (AvgIpc) is 3.19. The van der Waals surface area contributed by atoms with Crippen molar-refractivity contribution in [2.45, 2.75) is 36.9 Å². The largest absolute Gasteiger partial charge is 0.402 e. The Balaban J connectivity index is 2.32. The molecule has 0 amide bonds. The molecule has 0 saturated heterocycles. The number of benzene rings is 1. The van der Waals surface area contributed by atoms with Crippen molar-refractivity contribution in [3.8, 4) is 0 Å². The minimum absolute atomic E-state index is 0.233. The molecule has 116 valence electrons. The topological polar surface area (TPSA) is 54.5 Å². The molecule has 1 aromatic carbocycles. The van der Waals surface area contributed by atoms with Crippen molar-refractivity contribution in [3.05, 3.63) is 29.8 Å². The Morgan fingerprint density at radius 1 is 1.24 bits per heavy atom. The van der Waals surface area contributed by atoms with Gasteiger partial charge in [-0.25, -0.2) is 8.42 Å². The van der Waals surface area contributed by atoms with Crippen LogP contribution in [0.1, 0.15) is 30.1 Å². The van der Waals surface area contributed by atoms with Crippen LogP contribution in [0.4, 0.5) is 13.2 Å². The van der Waals surface area contributed by atoms with Gasteiger partial charge in [0.2, 0.25) is 10.0 Å². The molecule has 0 bridgehead atoms. The van der Waals surface area contributed by atoms with Crippen LogP contribution in [0.25, 0.3) is 0 Å². The first kappa shape index (κ1) is 16.0. The number of nitrogens with zero attached hydrogens (tertiary/aromatic N) is 1. The highest BCUT2D eigenvalue weighted by Gasteiger charge is 2.44. The second-order valence-corrected chi connectivity index (χ2v) is 6.87. The van der Waals surface area contributed by atoms with Gasteiger partial charge >= 0.3 is 6.18 Å². The molecule has 21 heavy (non-hydrogen) atoms. The first-order valence-electron chi connectivity index (χ1n) is 6.31. The molecular formula is C13H14F3NO3S. The molecule has 0 radical (unpaired) electrons. The number of alkyl halides is 3. The fraction of sp³-hybridized carbons (Fsp3) is 0.462. The third kappa shape index (κ3) is 3.82. The maximum atomic E-state index is 12.6. The minimum Gasteiger partial charge on any atom is -0.295 e. The highest BCUT2D eigenvalue weighted by Crippen LogP contribution is 2.34. The van der Waals surface area contributed by atoms with Crippen molar-refractivity contribution in [2.75, 3.05) is 6.54 Å². The van der Waals surface area contributed by atoms with Gasteiger partial charge in [-0.1, -0.05) is 12.1 Å². The SMILES string of the molecule is CC(=O)c1ccc(S(=O)(=O)N(CC(F)(F)F)C2CC2)cc1. The lowest BCUT2D eigenvalue weighted by Gasteiger charge is -2.23. The molecule has 8 heteroatoms. The zero-order valence-electron chi connectivity index (χ0n) is 11.2. The predicted molar refractivity (Wildman–Crippen MR) is 69.4 cm³/mol. The molecule has 0 heterocycles. The van der Waals surface area contributed by atoms with Crippen LogP contribution in [-0.4, -0.2) is 37.3 Å². The van der Waals surface area contributed by atoms with Crippen molar-refractivity contribution in [2.24, 2.45) is 0 Å². The fourth-order valence-electron chi connectivity index (χ4n) is 1.95. The molecule has 2 rings (SSSR count). The van der Waals surface area contributed by atoms with Gasteiger partial charge in [0.15, 0.2) is 5.78 Å². The Bertz CT molecular complexity index is 634. The number of sulfonamides is 1. The number of ketones is 1. The Morgan fingerprint density at radius 3 is 2.14 bits per heavy atom. The average molecular weight is 321 g/mol. The van der Waals surface area contributed by atoms with Gasteiger partial charge in [0.05, 0.1) is 4.90 Å². The third-order valence-electron chi connectivity index (χ3n) is 3.16. The van der Waals surface area contributed by atoms with E-state index < -0.39 is 28.8 Å². The van der Waals surface area contributed by atoms with E-state index in [1.54, 1.807) is 0 Å². The molecular weight excluding hydrogens is 307 g/mol. The lowest BCUT2D eigenvalue weighted by atomic mass is 10.2. The Morgan fingerprint density at radius 2 is 1.76 bits per heavy atom. The normalized spacial score (nSPS) is 16.2. The molecule has 0 aromatic heterocycles. The van der Waals surface area contributed by atoms with Crippen molar-refractivity contribution in [1.29, 1.82) is 0 Å². The summed E-state index contributed by atoms with van der Waals surface area (Å²) >= 11 is 0. The summed E-state index contributed by atoms with van der Waals surface area (Å²) in [5.74, 6) is -0.242. The molecule has 0 N–H and O–H groups in total. The van der Waals surface area contributed by atoms with Gasteiger partial charge in [0, 0.05) is 11.6 Å². The summed E-state index contributed by atoms with van der Waals surface area (Å²) in [6.07, 6.45) is -3.73. The third-order valence-corrected chi connectivity index (χ3v) is 5.07. The molecule has 1 saturated carbocycles. The Hall–Kier alpha value is -1.41. The van der Waals surface area contributed by atoms with E-state index >= 15 is 0 Å². The zero-order valence-corrected chi connectivity index (χ0v) is 12.0. The Kier molecular flexibility index (Phi) is 4.12. The van der Waals surface area contributed by atoms with E-state index in [1.165, 1.54) is 19.1 Å². The van der Waals surface area contributed by atoms with Crippen LogP contribution in [0.2, 0.25) is 0 Å².